The van der Waals surface area contributed by atoms with Gasteiger partial charge in [0.05, 0.1) is 22.5 Å². The number of aromatic amines is 1. The number of nitrogens with zero attached hydrogens (tertiary/aromatic N) is 2. The average Bonchev–Trinajstić information content (AvgIpc) is 3.28. The molecule has 0 saturated heterocycles. The summed E-state index contributed by atoms with van der Waals surface area (Å²) in [6.45, 7) is 3.34. The van der Waals surface area contributed by atoms with E-state index in [1.54, 1.807) is 26.1 Å². The quantitative estimate of drug-likeness (QED) is 0.468. The minimum absolute atomic E-state index is 0.0139. The third-order valence-corrected chi connectivity index (χ3v) is 7.99. The van der Waals surface area contributed by atoms with Crippen molar-refractivity contribution >= 4 is 52.9 Å². The van der Waals surface area contributed by atoms with E-state index in [1.807, 2.05) is 5.38 Å². The molecule has 0 fully saturated rings. The zero-order valence-corrected chi connectivity index (χ0v) is 18.6. The van der Waals surface area contributed by atoms with Gasteiger partial charge in [-0.15, -0.1) is 11.3 Å². The van der Waals surface area contributed by atoms with Crippen molar-refractivity contribution in [2.75, 3.05) is 23.9 Å². The Morgan fingerprint density at radius 2 is 2.00 bits per heavy atom. The molecule has 0 aliphatic carbocycles. The van der Waals surface area contributed by atoms with E-state index in [0.29, 0.717) is 34.0 Å². The van der Waals surface area contributed by atoms with Gasteiger partial charge in [-0.1, -0.05) is 0 Å². The predicted octanol–water partition coefficient (Wildman–Crippen LogP) is 2.76. The van der Waals surface area contributed by atoms with Crippen LogP contribution < -0.4 is 10.1 Å². The topological polar surface area (TPSA) is 131 Å². The zero-order chi connectivity index (χ0) is 21.2. The molecule has 12 heteroatoms. The fraction of sp³-hybridized carbons (Fsp3) is 0.412. The second-order valence-corrected chi connectivity index (χ2v) is 12.5. The molecule has 1 aromatic carbocycles. The number of ether oxygens (including phenoxy) is 1. The van der Waals surface area contributed by atoms with Crippen molar-refractivity contribution in [2.45, 2.75) is 30.4 Å². The van der Waals surface area contributed by atoms with Crippen LogP contribution >= 0.6 is 11.3 Å². The third kappa shape index (κ3) is 5.06. The predicted molar refractivity (Wildman–Crippen MR) is 114 cm³/mol. The number of nitrogens with one attached hydrogen (secondary N) is 2. The first-order valence-corrected chi connectivity index (χ1v) is 13.3. The molecule has 0 aliphatic heterocycles. The van der Waals surface area contributed by atoms with Crippen molar-refractivity contribution in [2.24, 2.45) is 0 Å². The van der Waals surface area contributed by atoms with Crippen LogP contribution in [0.5, 0.6) is 5.75 Å². The Labute approximate surface area is 173 Å². The van der Waals surface area contributed by atoms with Gasteiger partial charge in [0.25, 0.3) is 0 Å². The van der Waals surface area contributed by atoms with Crippen molar-refractivity contribution in [3.63, 3.8) is 0 Å². The lowest BCUT2D eigenvalue weighted by Crippen LogP contribution is -2.14. The highest BCUT2D eigenvalue weighted by Gasteiger charge is 2.23. The van der Waals surface area contributed by atoms with Gasteiger partial charge in [-0.05, 0) is 26.3 Å². The van der Waals surface area contributed by atoms with Crippen LogP contribution in [-0.4, -0.2) is 55.9 Å². The third-order valence-electron chi connectivity index (χ3n) is 4.13. The van der Waals surface area contributed by atoms with Crippen LogP contribution in [0.1, 0.15) is 20.3 Å². The van der Waals surface area contributed by atoms with Gasteiger partial charge in [0.15, 0.2) is 20.8 Å². The van der Waals surface area contributed by atoms with Gasteiger partial charge in [-0.2, -0.15) is 5.10 Å². The molecule has 2 heterocycles. The molecule has 3 rings (SSSR count). The molecule has 29 heavy (non-hydrogen) atoms. The summed E-state index contributed by atoms with van der Waals surface area (Å²) in [5.74, 6) is 0.714. The normalized spacial score (nSPS) is 12.6. The van der Waals surface area contributed by atoms with Crippen molar-refractivity contribution in [3.8, 4) is 5.75 Å². The number of anilines is 2. The van der Waals surface area contributed by atoms with E-state index < -0.39 is 24.9 Å². The van der Waals surface area contributed by atoms with Gasteiger partial charge in [0.2, 0.25) is 0 Å². The number of fused-ring (bicyclic) bond motifs is 1. The Balaban J connectivity index is 2.00. The molecule has 0 bridgehead atoms. The number of thiazole rings is 1. The summed E-state index contributed by atoms with van der Waals surface area (Å²) >= 11 is 1.39. The van der Waals surface area contributed by atoms with Gasteiger partial charge in [0.1, 0.15) is 21.1 Å². The SMILES string of the molecule is CC(C)S(=O)(=O)c1cc(OCCCS(C)(=O)=O)c2[nH]nc(Nc3nccs3)c2c1. The molecule has 2 N–H and O–H groups in total. The summed E-state index contributed by atoms with van der Waals surface area (Å²) < 4.78 is 53.8. The molecule has 0 amide bonds. The fourth-order valence-corrected chi connectivity index (χ4v) is 4.87. The number of hydrogen-bond donors (Lipinski definition) is 2. The molecule has 0 aliphatic rings. The van der Waals surface area contributed by atoms with E-state index in [0.717, 1.165) is 6.26 Å². The molecule has 2 aromatic heterocycles. The summed E-state index contributed by atoms with van der Waals surface area (Å²) in [5.41, 5.74) is 0.520. The first-order valence-electron chi connectivity index (χ1n) is 8.81. The maximum Gasteiger partial charge on any atom is 0.188 e. The maximum atomic E-state index is 12.7. The Bertz CT molecular complexity index is 1200. The lowest BCUT2D eigenvalue weighted by Gasteiger charge is -2.12. The van der Waals surface area contributed by atoms with Crippen LogP contribution in [0.2, 0.25) is 0 Å². The van der Waals surface area contributed by atoms with Crippen LogP contribution in [0.3, 0.4) is 0 Å². The van der Waals surface area contributed by atoms with E-state index in [1.165, 1.54) is 17.4 Å². The van der Waals surface area contributed by atoms with Crippen LogP contribution in [0.25, 0.3) is 10.9 Å². The average molecular weight is 459 g/mol. The molecular formula is C17H22N4O5S3. The Hall–Kier alpha value is -2.18. The summed E-state index contributed by atoms with van der Waals surface area (Å²) in [5, 5.41) is 12.5. The lowest BCUT2D eigenvalue weighted by molar-refractivity contribution is 0.320. The summed E-state index contributed by atoms with van der Waals surface area (Å²) in [6.07, 6.45) is 3.10. The van der Waals surface area contributed by atoms with Crippen LogP contribution in [0.4, 0.5) is 10.9 Å². The maximum absolute atomic E-state index is 12.7. The van der Waals surface area contributed by atoms with E-state index in [2.05, 4.69) is 20.5 Å². The summed E-state index contributed by atoms with van der Waals surface area (Å²) in [6, 6.07) is 3.00. The highest BCUT2D eigenvalue weighted by Crippen LogP contribution is 2.34. The number of hydrogen-bond acceptors (Lipinski definition) is 9. The van der Waals surface area contributed by atoms with Gasteiger partial charge < -0.3 is 10.1 Å². The van der Waals surface area contributed by atoms with Crippen molar-refractivity contribution in [1.82, 2.24) is 15.2 Å². The second-order valence-electron chi connectivity index (χ2n) is 6.80. The first-order chi connectivity index (χ1) is 13.6. The zero-order valence-electron chi connectivity index (χ0n) is 16.2. The molecular weight excluding hydrogens is 436 g/mol. The number of sulfone groups is 2. The standard InChI is InChI=1S/C17H22N4O5S3/c1-11(2)29(24,25)12-9-13-15(14(10-12)26-6-4-8-28(3,22)23)20-21-16(13)19-17-18-5-7-27-17/h5,7,9-11H,4,6,8H2,1-3H3,(H2,18,19,20,21). The van der Waals surface area contributed by atoms with Crippen LogP contribution in [0, 0.1) is 0 Å². The molecule has 0 unspecified atom stereocenters. The monoisotopic (exact) mass is 458 g/mol. The van der Waals surface area contributed by atoms with Gasteiger partial charge in [-0.25, -0.2) is 21.8 Å². The number of benzene rings is 1. The molecule has 0 saturated carbocycles. The van der Waals surface area contributed by atoms with E-state index in [4.69, 9.17) is 4.74 Å². The molecule has 3 aromatic rings. The smallest absolute Gasteiger partial charge is 0.188 e. The second kappa shape index (κ2) is 8.28. The fourth-order valence-electron chi connectivity index (χ4n) is 2.60. The first kappa shape index (κ1) is 21.5. The number of H-pyrrole nitrogens is 1. The van der Waals surface area contributed by atoms with E-state index in [-0.39, 0.29) is 17.3 Å². The highest BCUT2D eigenvalue weighted by atomic mass is 32.2. The van der Waals surface area contributed by atoms with Crippen molar-refractivity contribution < 1.29 is 21.6 Å². The largest absolute Gasteiger partial charge is 0.491 e. The minimum Gasteiger partial charge on any atom is -0.491 e. The molecule has 0 atom stereocenters. The molecule has 0 radical (unpaired) electrons. The van der Waals surface area contributed by atoms with E-state index >= 15 is 0 Å². The van der Waals surface area contributed by atoms with Gasteiger partial charge in [0, 0.05) is 29.3 Å². The lowest BCUT2D eigenvalue weighted by atomic mass is 10.2. The Kier molecular flexibility index (Phi) is 6.15. The van der Waals surface area contributed by atoms with Crippen molar-refractivity contribution in [1.29, 1.82) is 0 Å². The minimum atomic E-state index is -3.56. The summed E-state index contributed by atoms with van der Waals surface area (Å²) in [7, 11) is -6.66. The van der Waals surface area contributed by atoms with Gasteiger partial charge >= 0.3 is 0 Å². The highest BCUT2D eigenvalue weighted by molar-refractivity contribution is 7.92. The molecule has 158 valence electrons. The number of rotatable bonds is 9. The molecule has 0 spiro atoms. The van der Waals surface area contributed by atoms with Crippen LogP contribution in [-0.2, 0) is 19.7 Å². The van der Waals surface area contributed by atoms with E-state index in [9.17, 15) is 16.8 Å². The van der Waals surface area contributed by atoms with Crippen molar-refractivity contribution in [3.05, 3.63) is 23.7 Å². The Morgan fingerprint density at radius 1 is 1.24 bits per heavy atom. The van der Waals surface area contributed by atoms with Gasteiger partial charge in [-0.3, -0.25) is 5.10 Å². The Morgan fingerprint density at radius 3 is 2.62 bits per heavy atom. The van der Waals surface area contributed by atoms with Crippen LogP contribution in [0.15, 0.2) is 28.6 Å². The number of aromatic nitrogens is 3. The summed E-state index contributed by atoms with van der Waals surface area (Å²) in [4.78, 5) is 4.26. The molecule has 9 nitrogen and oxygen atoms in total.